The van der Waals surface area contributed by atoms with Crippen LogP contribution in [0.4, 0.5) is 0 Å². The lowest BCUT2D eigenvalue weighted by Gasteiger charge is -2.13. The highest BCUT2D eigenvalue weighted by atomic mass is 35.5. The summed E-state index contributed by atoms with van der Waals surface area (Å²) in [6.45, 7) is 12.9. The number of ether oxygens (including phenoxy) is 1. The van der Waals surface area contributed by atoms with E-state index in [0.29, 0.717) is 44.5 Å². The number of hydrogen-bond acceptors (Lipinski definition) is 12. The number of carbonyl (C=O) groups is 3. The third kappa shape index (κ3) is 9.11. The molecule has 64 heavy (non-hydrogen) atoms. The van der Waals surface area contributed by atoms with Crippen LogP contribution in [0, 0.1) is 34.6 Å². The Labute approximate surface area is 389 Å². The molecule has 2 N–H and O–H groups in total. The van der Waals surface area contributed by atoms with Crippen LogP contribution in [0.5, 0.6) is 0 Å². The standard InChI is InChI=1S/C46H48Cl2N10O4S2/c1-7-8-9-33(59)22-34-42-55-54-28(6)58(42)46-38(40(51-34)30-12-16-32(48)17-13-30)25(3)41(64-46)44(61)50-19-21-62-20-18-49-36(60)23-35-43-56-53-27(5)57(43)45-37(24(2)26(4)63-45)39(52-35)29-10-14-31(47)15-11-29/h10-17,34-35H,7-9,18-23H2,1-6H3,(H,49,60)(H,50,61)/t34-,35-/m0/s1. The largest absolute Gasteiger partial charge is 0.378 e. The molecule has 8 rings (SSSR count). The van der Waals surface area contributed by atoms with E-state index in [4.69, 9.17) is 37.9 Å². The van der Waals surface area contributed by atoms with E-state index in [0.717, 1.165) is 67.8 Å². The number of halogens is 2. The first kappa shape index (κ1) is 45.2. The fraction of sp³-hybridized carbons (Fsp3) is 0.370. The van der Waals surface area contributed by atoms with E-state index in [1.165, 1.54) is 16.2 Å². The Hall–Kier alpha value is -5.39. The molecule has 0 saturated carbocycles. The maximum Gasteiger partial charge on any atom is 0.261 e. The maximum atomic E-state index is 13.8. The van der Waals surface area contributed by atoms with E-state index in [9.17, 15) is 14.4 Å². The summed E-state index contributed by atoms with van der Waals surface area (Å²) in [7, 11) is 0. The molecular formula is C46H48Cl2N10O4S2. The smallest absolute Gasteiger partial charge is 0.261 e. The van der Waals surface area contributed by atoms with Crippen LogP contribution in [-0.2, 0) is 14.3 Å². The minimum atomic E-state index is -0.590. The summed E-state index contributed by atoms with van der Waals surface area (Å²) in [4.78, 5) is 52.4. The predicted molar refractivity (Wildman–Crippen MR) is 252 cm³/mol. The molecule has 0 fully saturated rings. The Balaban J connectivity index is 0.911. The van der Waals surface area contributed by atoms with Crippen molar-refractivity contribution in [1.82, 2.24) is 40.2 Å². The lowest BCUT2D eigenvalue weighted by Crippen LogP contribution is -2.31. The summed E-state index contributed by atoms with van der Waals surface area (Å²) in [6, 6.07) is 13.8. The second-order valence-corrected chi connectivity index (χ2v) is 18.9. The Morgan fingerprint density at radius 3 is 1.77 bits per heavy atom. The van der Waals surface area contributed by atoms with Crippen molar-refractivity contribution in [2.45, 2.75) is 85.7 Å². The van der Waals surface area contributed by atoms with Gasteiger partial charge in [-0.25, -0.2) is 0 Å². The number of unbranched alkanes of at least 4 members (excludes halogenated alkanes) is 1. The molecule has 0 spiro atoms. The quantitative estimate of drug-likeness (QED) is 0.0908. The summed E-state index contributed by atoms with van der Waals surface area (Å²) >= 11 is 15.5. The van der Waals surface area contributed by atoms with Crippen LogP contribution in [0.25, 0.3) is 10.0 Å². The molecule has 18 heteroatoms. The highest BCUT2D eigenvalue weighted by Gasteiger charge is 2.35. The highest BCUT2D eigenvalue weighted by Crippen LogP contribution is 2.42. The van der Waals surface area contributed by atoms with Gasteiger partial charge in [-0.3, -0.25) is 33.5 Å². The first-order valence-electron chi connectivity index (χ1n) is 21.2. The summed E-state index contributed by atoms with van der Waals surface area (Å²) < 4.78 is 9.79. The van der Waals surface area contributed by atoms with Gasteiger partial charge in [0.25, 0.3) is 5.91 Å². The normalized spacial score (nSPS) is 15.2. The molecule has 0 aliphatic carbocycles. The van der Waals surface area contributed by atoms with Crippen molar-refractivity contribution in [3.63, 3.8) is 0 Å². The SMILES string of the molecule is CCCCC(=O)C[C@@H]1N=C(c2ccc(Cl)cc2)c2c(sc(C(=O)NCCOCCNC(=O)C[C@@H]3N=C(c4ccc(Cl)cc4)c4c(sc(C)c4C)-n4c(C)nnc43)c2C)-n2c(C)nnc21. The van der Waals surface area contributed by atoms with Gasteiger partial charge in [-0.1, -0.05) is 60.8 Å². The Kier molecular flexibility index (Phi) is 13.7. The van der Waals surface area contributed by atoms with Gasteiger partial charge >= 0.3 is 0 Å². The van der Waals surface area contributed by atoms with Gasteiger partial charge < -0.3 is 15.4 Å². The number of carbonyl (C=O) groups excluding carboxylic acids is 3. The number of aliphatic imine (C=N–C) groups is 2. The first-order valence-corrected chi connectivity index (χ1v) is 23.6. The molecule has 0 unspecified atom stereocenters. The van der Waals surface area contributed by atoms with Crippen molar-refractivity contribution in [3.8, 4) is 10.0 Å². The molecule has 2 atom stereocenters. The summed E-state index contributed by atoms with van der Waals surface area (Å²) in [5, 5.41) is 26.7. The van der Waals surface area contributed by atoms with Crippen molar-refractivity contribution < 1.29 is 19.1 Å². The van der Waals surface area contributed by atoms with E-state index < -0.39 is 12.1 Å². The molecule has 6 heterocycles. The number of nitrogens with zero attached hydrogens (tertiary/aromatic N) is 8. The lowest BCUT2D eigenvalue weighted by atomic mass is 9.99. The molecular weight excluding hydrogens is 892 g/mol. The second kappa shape index (κ2) is 19.4. The number of fused-ring (bicyclic) bond motifs is 6. The minimum absolute atomic E-state index is 0.0563. The van der Waals surface area contributed by atoms with E-state index in [-0.39, 0.29) is 56.7 Å². The molecule has 0 saturated heterocycles. The number of aryl methyl sites for hydroxylation is 3. The number of aromatic nitrogens is 6. The zero-order chi connectivity index (χ0) is 45.2. The highest BCUT2D eigenvalue weighted by molar-refractivity contribution is 7.17. The Morgan fingerprint density at radius 2 is 1.20 bits per heavy atom. The Bertz CT molecular complexity index is 2800. The van der Waals surface area contributed by atoms with Gasteiger partial charge in [0.2, 0.25) is 5.91 Å². The van der Waals surface area contributed by atoms with Crippen LogP contribution in [0.15, 0.2) is 58.5 Å². The fourth-order valence-corrected chi connectivity index (χ4v) is 10.7. The van der Waals surface area contributed by atoms with E-state index in [2.05, 4.69) is 51.8 Å². The van der Waals surface area contributed by atoms with Gasteiger partial charge in [-0.2, -0.15) is 0 Å². The van der Waals surface area contributed by atoms with E-state index in [1.54, 1.807) is 23.5 Å². The number of rotatable bonds is 16. The second-order valence-electron chi connectivity index (χ2n) is 15.9. The monoisotopic (exact) mass is 938 g/mol. The number of nitrogens with one attached hydrogen (secondary N) is 2. The van der Waals surface area contributed by atoms with Gasteiger partial charge in [-0.15, -0.1) is 43.1 Å². The van der Waals surface area contributed by atoms with E-state index in [1.807, 2.05) is 66.3 Å². The van der Waals surface area contributed by atoms with Gasteiger partial charge in [-0.05, 0) is 76.4 Å². The molecule has 2 aliphatic rings. The van der Waals surface area contributed by atoms with E-state index >= 15 is 0 Å². The van der Waals surface area contributed by atoms with Gasteiger partial charge in [0.15, 0.2) is 11.6 Å². The number of thiophene rings is 2. The molecule has 0 radical (unpaired) electrons. The van der Waals surface area contributed by atoms with Gasteiger partial charge in [0.1, 0.15) is 39.5 Å². The fourth-order valence-electron chi connectivity index (χ4n) is 7.99. The molecule has 332 valence electrons. The van der Waals surface area contributed by atoms with Crippen molar-refractivity contribution in [3.05, 3.63) is 125 Å². The van der Waals surface area contributed by atoms with Crippen LogP contribution in [0.2, 0.25) is 10.0 Å². The molecule has 6 aromatic rings. The molecule has 4 aromatic heterocycles. The number of ketones is 1. The number of amides is 2. The van der Waals surface area contributed by atoms with Crippen molar-refractivity contribution >= 4 is 74.9 Å². The topological polar surface area (TPSA) is 171 Å². The van der Waals surface area contributed by atoms with Gasteiger partial charge in [0, 0.05) is 63.1 Å². The maximum absolute atomic E-state index is 13.8. The zero-order valence-corrected chi connectivity index (χ0v) is 39.6. The zero-order valence-electron chi connectivity index (χ0n) is 36.4. The molecule has 14 nitrogen and oxygen atoms in total. The van der Waals surface area contributed by atoms with Crippen molar-refractivity contribution in [2.24, 2.45) is 9.98 Å². The first-order chi connectivity index (χ1) is 30.8. The van der Waals surface area contributed by atoms with Crippen LogP contribution in [0.3, 0.4) is 0 Å². The van der Waals surface area contributed by atoms with Gasteiger partial charge in [0.05, 0.1) is 35.9 Å². The molecule has 2 aromatic carbocycles. The summed E-state index contributed by atoms with van der Waals surface area (Å²) in [6.07, 6.45) is 2.46. The van der Waals surface area contributed by atoms with Crippen LogP contribution in [-0.4, -0.2) is 84.9 Å². The van der Waals surface area contributed by atoms with Crippen LogP contribution >= 0.6 is 45.9 Å². The summed E-state index contributed by atoms with van der Waals surface area (Å²) in [5.41, 5.74) is 6.80. The number of benzene rings is 2. The van der Waals surface area contributed by atoms with Crippen molar-refractivity contribution in [1.29, 1.82) is 0 Å². The number of hydrogen-bond donors (Lipinski definition) is 2. The third-order valence-corrected chi connectivity index (χ3v) is 14.4. The predicted octanol–water partition coefficient (Wildman–Crippen LogP) is 8.71. The average Bonchev–Trinajstić information content (AvgIpc) is 3.98. The Morgan fingerprint density at radius 1 is 0.688 bits per heavy atom. The van der Waals surface area contributed by atoms with Crippen molar-refractivity contribution in [2.75, 3.05) is 26.3 Å². The number of Topliss-reactive ketones (excluding diaryl/α,β-unsaturated/α-hetero) is 1. The minimum Gasteiger partial charge on any atom is -0.378 e. The third-order valence-electron chi connectivity index (χ3n) is 11.4. The van der Waals surface area contributed by atoms with Crippen LogP contribution in [0.1, 0.15) is 122 Å². The lowest BCUT2D eigenvalue weighted by molar-refractivity contribution is -0.122. The molecule has 2 aliphatic heterocycles. The average molecular weight is 940 g/mol. The molecule has 2 amide bonds. The molecule has 0 bridgehead atoms. The summed E-state index contributed by atoms with van der Waals surface area (Å²) in [5.74, 6) is 2.17. The van der Waals surface area contributed by atoms with Crippen LogP contribution < -0.4 is 10.6 Å².